The molecule has 0 bridgehead atoms. The van der Waals surface area contributed by atoms with Gasteiger partial charge < -0.3 is 9.88 Å². The number of thiazole rings is 1. The number of fused-ring (bicyclic) bond motifs is 1. The number of aryl methyl sites for hydroxylation is 3. The predicted molar refractivity (Wildman–Crippen MR) is 105 cm³/mol. The molecule has 1 amide bonds. The van der Waals surface area contributed by atoms with Gasteiger partial charge in [-0.15, -0.1) is 11.3 Å². The highest BCUT2D eigenvalue weighted by Gasteiger charge is 2.18. The smallest absolute Gasteiger partial charge is 0.230 e. The minimum atomic E-state index is -0.0451. The van der Waals surface area contributed by atoms with Crippen LogP contribution in [0.2, 0.25) is 0 Å². The number of carbonyl (C=O) groups is 1. The second kappa shape index (κ2) is 7.03. The zero-order valence-corrected chi connectivity index (χ0v) is 15.9. The number of nitrogens with one attached hydrogen (secondary N) is 1. The summed E-state index contributed by atoms with van der Waals surface area (Å²) >= 11 is 1.63. The molecule has 134 valence electrons. The van der Waals surface area contributed by atoms with Gasteiger partial charge in [-0.05, 0) is 45.2 Å². The molecule has 4 rings (SSSR count). The van der Waals surface area contributed by atoms with Crippen LogP contribution in [0.25, 0.3) is 11.4 Å². The molecule has 1 aliphatic heterocycles. The van der Waals surface area contributed by atoms with Crippen LogP contribution < -0.4 is 5.32 Å². The summed E-state index contributed by atoms with van der Waals surface area (Å²) in [6.45, 7) is 4.97. The summed E-state index contributed by atoms with van der Waals surface area (Å²) in [5, 5.41) is 4.06. The summed E-state index contributed by atoms with van der Waals surface area (Å²) in [6.07, 6.45) is 5.73. The van der Waals surface area contributed by atoms with Crippen molar-refractivity contribution in [3.63, 3.8) is 0 Å². The number of carbonyl (C=O) groups excluding carboxylic acids is 1. The molecule has 3 aromatic rings. The van der Waals surface area contributed by atoms with E-state index in [0.717, 1.165) is 45.6 Å². The second-order valence-electron chi connectivity index (χ2n) is 6.69. The van der Waals surface area contributed by atoms with Crippen LogP contribution in [0.5, 0.6) is 0 Å². The highest BCUT2D eigenvalue weighted by molar-refractivity contribution is 7.11. The molecular formula is C20H22N4OS. The maximum absolute atomic E-state index is 12.6. The third-order valence-corrected chi connectivity index (χ3v) is 5.70. The molecule has 3 heterocycles. The van der Waals surface area contributed by atoms with Crippen LogP contribution in [0.1, 0.15) is 34.1 Å². The maximum Gasteiger partial charge on any atom is 0.230 e. The summed E-state index contributed by atoms with van der Waals surface area (Å²) in [6, 6.07) is 7.90. The fraction of sp³-hybridized carbons (Fsp3) is 0.350. The number of amides is 1. The Labute approximate surface area is 157 Å². The predicted octanol–water partition coefficient (Wildman–Crippen LogP) is 4.14. The first-order valence-electron chi connectivity index (χ1n) is 8.98. The van der Waals surface area contributed by atoms with Crippen molar-refractivity contribution in [2.24, 2.45) is 0 Å². The zero-order valence-electron chi connectivity index (χ0n) is 15.1. The molecule has 5 nitrogen and oxygen atoms in total. The highest BCUT2D eigenvalue weighted by atomic mass is 32.1. The molecule has 0 atom stereocenters. The number of benzene rings is 1. The average molecular weight is 366 g/mol. The highest BCUT2D eigenvalue weighted by Crippen LogP contribution is 2.30. The Balaban J connectivity index is 1.59. The molecule has 0 fully saturated rings. The fourth-order valence-corrected chi connectivity index (χ4v) is 4.36. The molecule has 0 radical (unpaired) electrons. The number of rotatable bonds is 4. The summed E-state index contributed by atoms with van der Waals surface area (Å²) < 4.78 is 2.28. The largest absolute Gasteiger partial charge is 0.328 e. The van der Waals surface area contributed by atoms with Crippen LogP contribution in [-0.2, 0) is 24.2 Å². The van der Waals surface area contributed by atoms with E-state index < -0.39 is 0 Å². The SMILES string of the molecule is Cc1nc(CC(=O)Nc2ccccc2-c2ncc3n2CCCC3)c(C)s1. The lowest BCUT2D eigenvalue weighted by Crippen LogP contribution is -2.16. The normalized spacial score (nSPS) is 13.5. The van der Waals surface area contributed by atoms with Crippen molar-refractivity contribution in [2.45, 2.75) is 46.1 Å². The van der Waals surface area contributed by atoms with Crippen molar-refractivity contribution in [2.75, 3.05) is 5.32 Å². The number of para-hydroxylation sites is 1. The lowest BCUT2D eigenvalue weighted by Gasteiger charge is -2.18. The first-order chi connectivity index (χ1) is 12.6. The number of nitrogens with zero attached hydrogens (tertiary/aromatic N) is 3. The Morgan fingerprint density at radius 3 is 2.92 bits per heavy atom. The van der Waals surface area contributed by atoms with E-state index >= 15 is 0 Å². The molecule has 1 aliphatic rings. The molecule has 0 aliphatic carbocycles. The maximum atomic E-state index is 12.6. The third-order valence-electron chi connectivity index (χ3n) is 4.77. The summed E-state index contributed by atoms with van der Waals surface area (Å²) in [5.41, 5.74) is 3.92. The molecule has 26 heavy (non-hydrogen) atoms. The minimum Gasteiger partial charge on any atom is -0.328 e. The molecule has 1 aromatic carbocycles. The molecule has 0 saturated carbocycles. The van der Waals surface area contributed by atoms with Gasteiger partial charge in [0.2, 0.25) is 5.91 Å². The number of hydrogen-bond donors (Lipinski definition) is 1. The van der Waals surface area contributed by atoms with E-state index in [2.05, 4.69) is 19.9 Å². The van der Waals surface area contributed by atoms with Gasteiger partial charge in [0.05, 0.1) is 22.8 Å². The van der Waals surface area contributed by atoms with E-state index in [4.69, 9.17) is 0 Å². The Hall–Kier alpha value is -2.47. The monoisotopic (exact) mass is 366 g/mol. The van der Waals surface area contributed by atoms with Gasteiger partial charge in [0, 0.05) is 28.9 Å². The lowest BCUT2D eigenvalue weighted by molar-refractivity contribution is -0.115. The van der Waals surface area contributed by atoms with Crippen molar-refractivity contribution in [3.8, 4) is 11.4 Å². The second-order valence-corrected chi connectivity index (χ2v) is 8.10. The van der Waals surface area contributed by atoms with Crippen LogP contribution in [0, 0.1) is 13.8 Å². The molecule has 0 saturated heterocycles. The minimum absolute atomic E-state index is 0.0451. The van der Waals surface area contributed by atoms with Crippen molar-refractivity contribution < 1.29 is 4.79 Å². The molecular weight excluding hydrogens is 344 g/mol. The standard InChI is InChI=1S/C20H22N4OS/c1-13-18(22-14(2)26-13)11-19(25)23-17-9-4-3-8-16(17)20-21-12-15-7-5-6-10-24(15)20/h3-4,8-9,12H,5-7,10-11H2,1-2H3,(H,23,25). The van der Waals surface area contributed by atoms with Gasteiger partial charge in [-0.3, -0.25) is 4.79 Å². The summed E-state index contributed by atoms with van der Waals surface area (Å²) in [5.74, 6) is 0.896. The quantitative estimate of drug-likeness (QED) is 0.755. The van der Waals surface area contributed by atoms with E-state index in [1.165, 1.54) is 18.5 Å². The van der Waals surface area contributed by atoms with Gasteiger partial charge in [-0.1, -0.05) is 12.1 Å². The molecule has 2 aromatic heterocycles. The van der Waals surface area contributed by atoms with Gasteiger partial charge in [-0.2, -0.15) is 0 Å². The van der Waals surface area contributed by atoms with E-state index in [0.29, 0.717) is 6.42 Å². The van der Waals surface area contributed by atoms with E-state index in [1.807, 2.05) is 44.3 Å². The van der Waals surface area contributed by atoms with Crippen molar-refractivity contribution in [1.29, 1.82) is 0 Å². The summed E-state index contributed by atoms with van der Waals surface area (Å²) in [4.78, 5) is 22.8. The fourth-order valence-electron chi connectivity index (χ4n) is 3.52. The number of aromatic nitrogens is 3. The molecule has 1 N–H and O–H groups in total. The van der Waals surface area contributed by atoms with Crippen LogP contribution in [0.15, 0.2) is 30.5 Å². The Morgan fingerprint density at radius 2 is 2.12 bits per heavy atom. The molecule has 6 heteroatoms. The third kappa shape index (κ3) is 3.29. The number of anilines is 1. The van der Waals surface area contributed by atoms with E-state index in [1.54, 1.807) is 11.3 Å². The van der Waals surface area contributed by atoms with Crippen molar-refractivity contribution in [3.05, 3.63) is 51.7 Å². The van der Waals surface area contributed by atoms with Crippen LogP contribution in [0.4, 0.5) is 5.69 Å². The van der Waals surface area contributed by atoms with Gasteiger partial charge in [0.1, 0.15) is 5.82 Å². The van der Waals surface area contributed by atoms with Gasteiger partial charge >= 0.3 is 0 Å². The van der Waals surface area contributed by atoms with Crippen LogP contribution in [-0.4, -0.2) is 20.4 Å². The zero-order chi connectivity index (χ0) is 18.1. The topological polar surface area (TPSA) is 59.8 Å². The average Bonchev–Trinajstić information content (AvgIpc) is 3.18. The first kappa shape index (κ1) is 17.0. The molecule has 0 spiro atoms. The van der Waals surface area contributed by atoms with Gasteiger partial charge in [-0.25, -0.2) is 9.97 Å². The van der Waals surface area contributed by atoms with E-state index in [9.17, 15) is 4.79 Å². The lowest BCUT2D eigenvalue weighted by atomic mass is 10.1. The van der Waals surface area contributed by atoms with Crippen molar-refractivity contribution in [1.82, 2.24) is 14.5 Å². The van der Waals surface area contributed by atoms with Crippen LogP contribution in [0.3, 0.4) is 0 Å². The Bertz CT molecular complexity index is 957. The first-order valence-corrected chi connectivity index (χ1v) is 9.80. The number of imidazole rings is 1. The van der Waals surface area contributed by atoms with Crippen LogP contribution >= 0.6 is 11.3 Å². The molecule has 0 unspecified atom stereocenters. The Kier molecular flexibility index (Phi) is 4.59. The number of hydrogen-bond acceptors (Lipinski definition) is 4. The van der Waals surface area contributed by atoms with Gasteiger partial charge in [0.25, 0.3) is 0 Å². The van der Waals surface area contributed by atoms with E-state index in [-0.39, 0.29) is 5.91 Å². The van der Waals surface area contributed by atoms with Gasteiger partial charge in [0.15, 0.2) is 0 Å². The summed E-state index contributed by atoms with van der Waals surface area (Å²) in [7, 11) is 0. The Morgan fingerprint density at radius 1 is 1.27 bits per heavy atom. The van der Waals surface area contributed by atoms with Crippen molar-refractivity contribution >= 4 is 22.9 Å².